The van der Waals surface area contributed by atoms with Gasteiger partial charge >= 0.3 is 0 Å². The van der Waals surface area contributed by atoms with E-state index in [1.54, 1.807) is 17.0 Å². The predicted molar refractivity (Wildman–Crippen MR) is 111 cm³/mol. The highest BCUT2D eigenvalue weighted by Crippen LogP contribution is 2.36. The summed E-state index contributed by atoms with van der Waals surface area (Å²) in [5.41, 5.74) is 3.65. The average Bonchev–Trinajstić information content (AvgIpc) is 2.99. The molecule has 1 heterocycles. The number of fused-ring (bicyclic) bond motifs is 3. The van der Waals surface area contributed by atoms with E-state index in [4.69, 9.17) is 0 Å². The third-order valence-corrected chi connectivity index (χ3v) is 5.45. The Kier molecular flexibility index (Phi) is 5.20. The second-order valence-electron chi connectivity index (χ2n) is 7.93. The van der Waals surface area contributed by atoms with Crippen molar-refractivity contribution in [3.8, 4) is 11.1 Å². The van der Waals surface area contributed by atoms with Gasteiger partial charge in [0.25, 0.3) is 5.91 Å². The Morgan fingerprint density at radius 2 is 1.59 bits per heavy atom. The number of hydrogen-bond donors (Lipinski definition) is 1. The number of hydrogen-bond acceptors (Lipinski definition) is 4. The van der Waals surface area contributed by atoms with E-state index in [0.717, 1.165) is 11.1 Å². The van der Waals surface area contributed by atoms with Gasteiger partial charge in [0.2, 0.25) is 5.91 Å². The highest BCUT2D eigenvalue weighted by Gasteiger charge is 2.29. The first kappa shape index (κ1) is 19.3. The number of benzene rings is 2. The van der Waals surface area contributed by atoms with E-state index in [2.05, 4.69) is 10.2 Å². The molecule has 0 aromatic heterocycles. The lowest BCUT2D eigenvalue weighted by Gasteiger charge is -2.34. The fourth-order valence-corrected chi connectivity index (χ4v) is 4.02. The zero-order valence-electron chi connectivity index (χ0n) is 16.8. The molecule has 1 aliphatic heterocycles. The van der Waals surface area contributed by atoms with Crippen LogP contribution in [0.1, 0.15) is 40.1 Å². The molecule has 1 aliphatic carbocycles. The third kappa shape index (κ3) is 3.80. The Bertz CT molecular complexity index is 975. The second-order valence-corrected chi connectivity index (χ2v) is 7.93. The van der Waals surface area contributed by atoms with Crippen LogP contribution >= 0.6 is 0 Å². The van der Waals surface area contributed by atoms with E-state index >= 15 is 0 Å². The van der Waals surface area contributed by atoms with Crippen LogP contribution in [0, 0.1) is 0 Å². The van der Waals surface area contributed by atoms with Crippen LogP contribution in [0.3, 0.4) is 0 Å². The summed E-state index contributed by atoms with van der Waals surface area (Å²) in [4.78, 5) is 41.4. The van der Waals surface area contributed by atoms with E-state index in [1.807, 2.05) is 44.2 Å². The predicted octanol–water partition coefficient (Wildman–Crippen LogP) is 2.18. The van der Waals surface area contributed by atoms with E-state index in [-0.39, 0.29) is 23.6 Å². The van der Waals surface area contributed by atoms with Gasteiger partial charge in [-0.25, -0.2) is 0 Å². The van der Waals surface area contributed by atoms with E-state index < -0.39 is 0 Å². The molecule has 1 fully saturated rings. The maximum atomic E-state index is 13.0. The van der Waals surface area contributed by atoms with Crippen molar-refractivity contribution >= 4 is 17.6 Å². The van der Waals surface area contributed by atoms with Gasteiger partial charge in [0.05, 0.1) is 6.54 Å². The number of piperazine rings is 1. The molecule has 0 bridgehead atoms. The minimum absolute atomic E-state index is 0.0106. The van der Waals surface area contributed by atoms with Crippen molar-refractivity contribution in [1.29, 1.82) is 0 Å². The smallest absolute Gasteiger partial charge is 0.253 e. The van der Waals surface area contributed by atoms with Gasteiger partial charge in [-0.3, -0.25) is 19.3 Å². The highest BCUT2D eigenvalue weighted by molar-refractivity contribution is 6.22. The normalized spacial score (nSPS) is 16.0. The maximum absolute atomic E-state index is 13.0. The standard InChI is InChI=1S/C23H25N3O3/c1-15(2)24-21(27)14-25-9-11-26(12-10-25)23(29)16-7-8-18-17-5-3-4-6-19(17)22(28)20(18)13-16/h3-8,13,15H,9-12,14H2,1-2H3,(H,24,27). The molecule has 1 saturated heterocycles. The molecule has 2 amide bonds. The molecular formula is C23H25N3O3. The summed E-state index contributed by atoms with van der Waals surface area (Å²) >= 11 is 0. The topological polar surface area (TPSA) is 69.7 Å². The van der Waals surface area contributed by atoms with Gasteiger partial charge in [0, 0.05) is 48.9 Å². The first-order chi connectivity index (χ1) is 13.9. The van der Waals surface area contributed by atoms with Crippen molar-refractivity contribution in [2.24, 2.45) is 0 Å². The van der Waals surface area contributed by atoms with Crippen LogP contribution in [-0.4, -0.2) is 66.2 Å². The Hall–Kier alpha value is -2.99. The molecule has 0 saturated carbocycles. The fourth-order valence-electron chi connectivity index (χ4n) is 4.02. The van der Waals surface area contributed by atoms with Crippen LogP contribution in [0.25, 0.3) is 11.1 Å². The first-order valence-electron chi connectivity index (χ1n) is 10.0. The lowest BCUT2D eigenvalue weighted by Crippen LogP contribution is -2.51. The number of rotatable bonds is 4. The van der Waals surface area contributed by atoms with Crippen molar-refractivity contribution < 1.29 is 14.4 Å². The molecule has 4 rings (SSSR count). The largest absolute Gasteiger partial charge is 0.353 e. The molecule has 150 valence electrons. The number of amides is 2. The molecule has 1 N–H and O–H groups in total. The Balaban J connectivity index is 1.42. The third-order valence-electron chi connectivity index (χ3n) is 5.45. The lowest BCUT2D eigenvalue weighted by atomic mass is 10.0. The summed E-state index contributed by atoms with van der Waals surface area (Å²) in [6.07, 6.45) is 0. The van der Waals surface area contributed by atoms with Crippen LogP contribution in [0.5, 0.6) is 0 Å². The summed E-state index contributed by atoms with van der Waals surface area (Å²) in [5.74, 6) is -0.0782. The molecule has 2 aromatic carbocycles. The summed E-state index contributed by atoms with van der Waals surface area (Å²) in [6.45, 7) is 6.69. The van der Waals surface area contributed by atoms with Gasteiger partial charge in [0.1, 0.15) is 0 Å². The van der Waals surface area contributed by atoms with E-state index in [0.29, 0.717) is 49.4 Å². The zero-order valence-corrected chi connectivity index (χ0v) is 16.8. The van der Waals surface area contributed by atoms with Gasteiger partial charge in [0.15, 0.2) is 5.78 Å². The molecule has 6 nitrogen and oxygen atoms in total. The number of nitrogens with zero attached hydrogens (tertiary/aromatic N) is 2. The number of nitrogens with one attached hydrogen (secondary N) is 1. The maximum Gasteiger partial charge on any atom is 0.253 e. The summed E-state index contributed by atoms with van der Waals surface area (Å²) < 4.78 is 0. The molecule has 2 aliphatic rings. The molecule has 2 aromatic rings. The summed E-state index contributed by atoms with van der Waals surface area (Å²) in [6, 6.07) is 13.1. The molecule has 0 unspecified atom stereocenters. The van der Waals surface area contributed by atoms with Crippen LogP contribution in [0.15, 0.2) is 42.5 Å². The van der Waals surface area contributed by atoms with Crippen LogP contribution in [-0.2, 0) is 4.79 Å². The van der Waals surface area contributed by atoms with E-state index in [9.17, 15) is 14.4 Å². The minimum Gasteiger partial charge on any atom is -0.353 e. The van der Waals surface area contributed by atoms with Crippen LogP contribution < -0.4 is 5.32 Å². The Morgan fingerprint density at radius 1 is 0.931 bits per heavy atom. The second kappa shape index (κ2) is 7.79. The van der Waals surface area contributed by atoms with Gasteiger partial charge in [-0.1, -0.05) is 30.3 Å². The van der Waals surface area contributed by atoms with E-state index in [1.165, 1.54) is 0 Å². The molecule has 0 radical (unpaired) electrons. The Morgan fingerprint density at radius 3 is 2.28 bits per heavy atom. The van der Waals surface area contributed by atoms with Crippen molar-refractivity contribution in [3.63, 3.8) is 0 Å². The minimum atomic E-state index is -0.0668. The van der Waals surface area contributed by atoms with Crippen LogP contribution in [0.4, 0.5) is 0 Å². The van der Waals surface area contributed by atoms with Crippen LogP contribution in [0.2, 0.25) is 0 Å². The SMILES string of the molecule is CC(C)NC(=O)CN1CCN(C(=O)c2ccc3c(c2)C(=O)c2ccccc2-3)CC1. The lowest BCUT2D eigenvalue weighted by molar-refractivity contribution is -0.123. The van der Waals surface area contributed by atoms with Crippen molar-refractivity contribution in [2.45, 2.75) is 19.9 Å². The monoisotopic (exact) mass is 391 g/mol. The zero-order chi connectivity index (χ0) is 20.5. The quantitative estimate of drug-likeness (QED) is 0.740. The highest BCUT2D eigenvalue weighted by atomic mass is 16.2. The molecule has 6 heteroatoms. The van der Waals surface area contributed by atoms with Gasteiger partial charge in [-0.05, 0) is 37.1 Å². The van der Waals surface area contributed by atoms with Crippen molar-refractivity contribution in [3.05, 3.63) is 59.2 Å². The number of carbonyl (C=O) groups excluding carboxylic acids is 3. The molecule has 0 spiro atoms. The first-order valence-corrected chi connectivity index (χ1v) is 10.0. The van der Waals surface area contributed by atoms with Gasteiger partial charge in [-0.2, -0.15) is 0 Å². The van der Waals surface area contributed by atoms with Gasteiger partial charge in [-0.15, -0.1) is 0 Å². The van der Waals surface area contributed by atoms with Crippen molar-refractivity contribution in [1.82, 2.24) is 15.1 Å². The Labute approximate surface area is 170 Å². The number of ketones is 1. The van der Waals surface area contributed by atoms with Crippen molar-refractivity contribution in [2.75, 3.05) is 32.7 Å². The molecule has 0 atom stereocenters. The molecular weight excluding hydrogens is 366 g/mol. The number of carbonyl (C=O) groups is 3. The molecule has 29 heavy (non-hydrogen) atoms. The summed E-state index contributed by atoms with van der Waals surface area (Å²) in [5, 5.41) is 2.89. The average molecular weight is 391 g/mol. The fraction of sp³-hybridized carbons (Fsp3) is 0.348. The van der Waals surface area contributed by atoms with Gasteiger partial charge < -0.3 is 10.2 Å². The summed E-state index contributed by atoms with van der Waals surface area (Å²) in [7, 11) is 0.